The highest BCUT2D eigenvalue weighted by Gasteiger charge is 1.97. The van der Waals surface area contributed by atoms with Crippen LogP contribution in [-0.2, 0) is 0 Å². The van der Waals surface area contributed by atoms with Gasteiger partial charge in [0.1, 0.15) is 5.75 Å². The van der Waals surface area contributed by atoms with Crippen LogP contribution >= 0.6 is 15.9 Å². The Morgan fingerprint density at radius 1 is 1.70 bits per heavy atom. The molecule has 10 heavy (non-hydrogen) atoms. The zero-order chi connectivity index (χ0) is 7.56. The van der Waals surface area contributed by atoms with Crippen LogP contribution in [0, 0.1) is 0 Å². The maximum Gasteiger partial charge on any atom is 0.251 e. The quantitative estimate of drug-likeness (QED) is 0.745. The predicted octanol–water partition coefficient (Wildman–Crippen LogP) is 1.15. The van der Waals surface area contributed by atoms with E-state index in [2.05, 4.69) is 20.9 Å². The van der Waals surface area contributed by atoms with Crippen LogP contribution in [0.5, 0.6) is 5.75 Å². The third kappa shape index (κ3) is 1.39. The first-order valence-electron chi connectivity index (χ1n) is 2.66. The van der Waals surface area contributed by atoms with Gasteiger partial charge in [0, 0.05) is 12.3 Å². The second-order valence-electron chi connectivity index (χ2n) is 1.71. The van der Waals surface area contributed by atoms with Crippen molar-refractivity contribution in [2.45, 2.75) is 0 Å². The lowest BCUT2D eigenvalue weighted by molar-refractivity contribution is 0.411. The average molecular weight is 204 g/mol. The molecule has 0 aliphatic heterocycles. The molecule has 0 fully saturated rings. The molecule has 0 atom stereocenters. The summed E-state index contributed by atoms with van der Waals surface area (Å²) in [5, 5.41) is 0. The van der Waals surface area contributed by atoms with Crippen molar-refractivity contribution in [1.82, 2.24) is 4.98 Å². The molecule has 0 spiro atoms. The summed E-state index contributed by atoms with van der Waals surface area (Å²) in [6, 6.07) is 1.38. The van der Waals surface area contributed by atoms with E-state index in [1.165, 1.54) is 13.2 Å². The summed E-state index contributed by atoms with van der Waals surface area (Å²) in [5.74, 6) is 0.545. The molecule has 3 nitrogen and oxygen atoms in total. The zero-order valence-corrected chi connectivity index (χ0v) is 6.94. The molecule has 0 bridgehead atoms. The lowest BCUT2D eigenvalue weighted by atomic mass is 10.4. The number of H-pyrrole nitrogens is 1. The van der Waals surface area contributed by atoms with E-state index >= 15 is 0 Å². The Morgan fingerprint density at radius 2 is 2.40 bits per heavy atom. The first-order chi connectivity index (χ1) is 4.74. The molecule has 1 heterocycles. The molecule has 1 aromatic heterocycles. The number of hydrogen-bond donors (Lipinski definition) is 1. The average Bonchev–Trinajstić information content (AvgIpc) is 1.94. The number of aromatic amines is 1. The van der Waals surface area contributed by atoms with Crippen LogP contribution in [0.2, 0.25) is 0 Å². The highest BCUT2D eigenvalue weighted by Crippen LogP contribution is 2.19. The fraction of sp³-hybridized carbons (Fsp3) is 0.167. The fourth-order valence-electron chi connectivity index (χ4n) is 0.592. The Labute approximate surface area is 66.2 Å². The largest absolute Gasteiger partial charge is 0.495 e. The van der Waals surface area contributed by atoms with E-state index < -0.39 is 0 Å². The van der Waals surface area contributed by atoms with Gasteiger partial charge in [0.2, 0.25) is 0 Å². The van der Waals surface area contributed by atoms with E-state index in [1.54, 1.807) is 6.20 Å². The third-order valence-electron chi connectivity index (χ3n) is 1.06. The minimum absolute atomic E-state index is 0.167. The Kier molecular flexibility index (Phi) is 2.11. The van der Waals surface area contributed by atoms with E-state index in [-0.39, 0.29) is 5.56 Å². The van der Waals surface area contributed by atoms with Crippen LogP contribution < -0.4 is 10.3 Å². The van der Waals surface area contributed by atoms with E-state index in [0.29, 0.717) is 5.75 Å². The number of nitrogens with one attached hydrogen (secondary N) is 1. The van der Waals surface area contributed by atoms with Crippen molar-refractivity contribution < 1.29 is 4.74 Å². The Hall–Kier alpha value is -0.770. The normalized spacial score (nSPS) is 9.40. The van der Waals surface area contributed by atoms with E-state index in [1.807, 2.05) is 0 Å². The number of methoxy groups -OCH3 is 1. The Balaban J connectivity index is 3.22. The van der Waals surface area contributed by atoms with Crippen molar-refractivity contribution >= 4 is 15.9 Å². The second-order valence-corrected chi connectivity index (χ2v) is 2.57. The van der Waals surface area contributed by atoms with Gasteiger partial charge in [0.25, 0.3) is 5.56 Å². The van der Waals surface area contributed by atoms with Gasteiger partial charge < -0.3 is 9.72 Å². The Bertz CT molecular complexity index is 281. The molecule has 54 valence electrons. The zero-order valence-electron chi connectivity index (χ0n) is 5.35. The van der Waals surface area contributed by atoms with Crippen molar-refractivity contribution in [3.8, 4) is 5.75 Å². The van der Waals surface area contributed by atoms with Crippen molar-refractivity contribution in [3.05, 3.63) is 27.1 Å². The summed E-state index contributed by atoms with van der Waals surface area (Å²) in [6.07, 6.45) is 1.54. The third-order valence-corrected chi connectivity index (χ3v) is 1.68. The molecule has 0 saturated heterocycles. The van der Waals surface area contributed by atoms with Crippen LogP contribution in [0.1, 0.15) is 0 Å². The number of aromatic nitrogens is 1. The molecule has 0 radical (unpaired) electrons. The van der Waals surface area contributed by atoms with Gasteiger partial charge in [-0.25, -0.2) is 0 Å². The highest BCUT2D eigenvalue weighted by molar-refractivity contribution is 9.10. The van der Waals surface area contributed by atoms with Gasteiger partial charge in [-0.1, -0.05) is 0 Å². The van der Waals surface area contributed by atoms with E-state index in [4.69, 9.17) is 4.74 Å². The molecule has 1 aromatic rings. The summed E-state index contributed by atoms with van der Waals surface area (Å²) in [6.45, 7) is 0. The highest BCUT2D eigenvalue weighted by atomic mass is 79.9. The van der Waals surface area contributed by atoms with Crippen LogP contribution in [0.3, 0.4) is 0 Å². The summed E-state index contributed by atoms with van der Waals surface area (Å²) < 4.78 is 5.60. The molecule has 4 heteroatoms. The summed E-state index contributed by atoms with van der Waals surface area (Å²) >= 11 is 3.20. The molecular weight excluding hydrogens is 198 g/mol. The predicted molar refractivity (Wildman–Crippen MR) is 41.3 cm³/mol. The van der Waals surface area contributed by atoms with Gasteiger partial charge in [-0.15, -0.1) is 0 Å². The minimum Gasteiger partial charge on any atom is -0.495 e. The van der Waals surface area contributed by atoms with Crippen molar-refractivity contribution in [2.24, 2.45) is 0 Å². The number of hydrogen-bond acceptors (Lipinski definition) is 2. The fourth-order valence-corrected chi connectivity index (χ4v) is 0.983. The summed E-state index contributed by atoms with van der Waals surface area (Å²) in [5.41, 5.74) is -0.167. The molecule has 1 N–H and O–H groups in total. The smallest absolute Gasteiger partial charge is 0.251 e. The molecule has 0 aliphatic rings. The van der Waals surface area contributed by atoms with Gasteiger partial charge in [0.15, 0.2) is 0 Å². The van der Waals surface area contributed by atoms with Crippen LogP contribution in [0.25, 0.3) is 0 Å². The van der Waals surface area contributed by atoms with Crippen LogP contribution in [0.4, 0.5) is 0 Å². The lowest BCUT2D eigenvalue weighted by Gasteiger charge is -1.98. The lowest BCUT2D eigenvalue weighted by Crippen LogP contribution is -2.03. The number of pyridine rings is 1. The number of halogens is 1. The van der Waals surface area contributed by atoms with Crippen molar-refractivity contribution in [2.75, 3.05) is 7.11 Å². The minimum atomic E-state index is -0.167. The van der Waals surface area contributed by atoms with E-state index in [9.17, 15) is 4.79 Å². The Morgan fingerprint density at radius 3 is 2.90 bits per heavy atom. The molecule has 1 rings (SSSR count). The summed E-state index contributed by atoms with van der Waals surface area (Å²) in [7, 11) is 1.51. The van der Waals surface area contributed by atoms with Gasteiger partial charge >= 0.3 is 0 Å². The molecule has 0 amide bonds. The maximum atomic E-state index is 10.6. The standard InChI is InChI=1S/C6H6BrNO2/c1-10-5-2-6(9)8-3-4(5)7/h2-3H,1H3,(H,8,9). The molecule has 0 unspecified atom stereocenters. The van der Waals surface area contributed by atoms with Gasteiger partial charge in [-0.2, -0.15) is 0 Å². The van der Waals surface area contributed by atoms with E-state index in [0.717, 1.165) is 4.47 Å². The molecule has 0 aromatic carbocycles. The second kappa shape index (κ2) is 2.88. The van der Waals surface area contributed by atoms with Gasteiger partial charge in [-0.05, 0) is 15.9 Å². The van der Waals surface area contributed by atoms with Crippen molar-refractivity contribution in [3.63, 3.8) is 0 Å². The van der Waals surface area contributed by atoms with Gasteiger partial charge in [0.05, 0.1) is 11.6 Å². The van der Waals surface area contributed by atoms with Crippen molar-refractivity contribution in [1.29, 1.82) is 0 Å². The monoisotopic (exact) mass is 203 g/mol. The first-order valence-corrected chi connectivity index (χ1v) is 3.45. The maximum absolute atomic E-state index is 10.6. The van der Waals surface area contributed by atoms with Gasteiger partial charge in [-0.3, -0.25) is 4.79 Å². The first kappa shape index (κ1) is 7.34. The van der Waals surface area contributed by atoms with Crippen LogP contribution in [-0.4, -0.2) is 12.1 Å². The van der Waals surface area contributed by atoms with Crippen LogP contribution in [0.15, 0.2) is 21.5 Å². The molecule has 0 aliphatic carbocycles. The number of ether oxygens (including phenoxy) is 1. The molecular formula is C6H6BrNO2. The summed E-state index contributed by atoms with van der Waals surface area (Å²) in [4.78, 5) is 13.1. The SMILES string of the molecule is COc1cc(=O)[nH]cc1Br. The molecule has 0 saturated carbocycles. The number of rotatable bonds is 1. The topological polar surface area (TPSA) is 42.1 Å².